The summed E-state index contributed by atoms with van der Waals surface area (Å²) in [6.07, 6.45) is 4.77. The van der Waals surface area contributed by atoms with Crippen molar-refractivity contribution in [2.75, 3.05) is 5.32 Å². The fourth-order valence-corrected chi connectivity index (χ4v) is 2.65. The first kappa shape index (κ1) is 15.0. The summed E-state index contributed by atoms with van der Waals surface area (Å²) in [5.41, 5.74) is 0.799. The fraction of sp³-hybridized carbons (Fsp3) is 0.562. The maximum absolute atomic E-state index is 12.1. The van der Waals surface area contributed by atoms with Crippen LogP contribution in [0, 0.1) is 0 Å². The summed E-state index contributed by atoms with van der Waals surface area (Å²) in [6.45, 7) is 1.84. The molecule has 1 amide bonds. The van der Waals surface area contributed by atoms with Crippen molar-refractivity contribution in [2.24, 2.45) is 0 Å². The number of nitrogens with one attached hydrogen (secondary N) is 2. The molecule has 0 bridgehead atoms. The van der Waals surface area contributed by atoms with Gasteiger partial charge in [-0.25, -0.2) is 0 Å². The Morgan fingerprint density at radius 2 is 1.90 bits per heavy atom. The van der Waals surface area contributed by atoms with Crippen LogP contribution in [0.3, 0.4) is 0 Å². The van der Waals surface area contributed by atoms with E-state index in [0.717, 1.165) is 31.4 Å². The van der Waals surface area contributed by atoms with E-state index in [-0.39, 0.29) is 24.1 Å². The molecule has 1 aliphatic rings. The topological polar surface area (TPSA) is 61.4 Å². The van der Waals surface area contributed by atoms with E-state index >= 15 is 0 Å². The summed E-state index contributed by atoms with van der Waals surface area (Å²) >= 11 is 0. The normalized spacial score (nSPS) is 24.7. The van der Waals surface area contributed by atoms with Crippen molar-refractivity contribution in [3.05, 3.63) is 30.3 Å². The Balaban J connectivity index is 1.87. The van der Waals surface area contributed by atoms with Crippen molar-refractivity contribution in [2.45, 2.75) is 57.2 Å². The van der Waals surface area contributed by atoms with Crippen LogP contribution < -0.4 is 10.6 Å². The van der Waals surface area contributed by atoms with Gasteiger partial charge in [0.1, 0.15) is 0 Å². The second-order valence-electron chi connectivity index (χ2n) is 5.56. The zero-order valence-corrected chi connectivity index (χ0v) is 12.0. The Morgan fingerprint density at radius 1 is 1.20 bits per heavy atom. The number of rotatable bonds is 4. The largest absolute Gasteiger partial charge is 0.392 e. The predicted octanol–water partition coefficient (Wildman–Crippen LogP) is 2.30. The van der Waals surface area contributed by atoms with Gasteiger partial charge in [-0.15, -0.1) is 0 Å². The lowest BCUT2D eigenvalue weighted by Crippen LogP contribution is -2.48. The highest BCUT2D eigenvalue weighted by atomic mass is 16.3. The van der Waals surface area contributed by atoms with Gasteiger partial charge in [0.2, 0.25) is 5.91 Å². The Bertz CT molecular complexity index is 422. The average molecular weight is 276 g/mol. The van der Waals surface area contributed by atoms with E-state index in [4.69, 9.17) is 0 Å². The van der Waals surface area contributed by atoms with Gasteiger partial charge in [-0.3, -0.25) is 4.79 Å². The molecule has 4 nitrogen and oxygen atoms in total. The highest BCUT2D eigenvalue weighted by molar-refractivity contribution is 5.94. The predicted molar refractivity (Wildman–Crippen MR) is 80.5 cm³/mol. The molecule has 3 unspecified atom stereocenters. The maximum atomic E-state index is 12.1. The highest BCUT2D eigenvalue weighted by Crippen LogP contribution is 2.18. The van der Waals surface area contributed by atoms with Crippen molar-refractivity contribution in [3.8, 4) is 0 Å². The molecular formula is C16H24N2O2. The molecule has 4 heteroatoms. The molecular weight excluding hydrogens is 252 g/mol. The molecule has 1 saturated carbocycles. The van der Waals surface area contributed by atoms with Gasteiger partial charge in [-0.1, -0.05) is 37.5 Å². The van der Waals surface area contributed by atoms with E-state index in [1.165, 1.54) is 6.42 Å². The summed E-state index contributed by atoms with van der Waals surface area (Å²) in [6, 6.07) is 9.14. The molecule has 1 aliphatic carbocycles. The molecule has 0 heterocycles. The Labute approximate surface area is 120 Å². The summed E-state index contributed by atoms with van der Waals surface area (Å²) in [4.78, 5) is 12.1. The van der Waals surface area contributed by atoms with Crippen LogP contribution in [-0.2, 0) is 4.79 Å². The lowest BCUT2D eigenvalue weighted by atomic mass is 10.0. The number of hydrogen-bond acceptors (Lipinski definition) is 3. The quantitative estimate of drug-likeness (QED) is 0.739. The van der Waals surface area contributed by atoms with E-state index in [1.54, 1.807) is 0 Å². The zero-order valence-electron chi connectivity index (χ0n) is 12.0. The lowest BCUT2D eigenvalue weighted by molar-refractivity contribution is -0.118. The molecule has 0 radical (unpaired) electrons. The minimum Gasteiger partial charge on any atom is -0.392 e. The van der Waals surface area contributed by atoms with E-state index in [0.29, 0.717) is 0 Å². The molecule has 0 aromatic heterocycles. The Kier molecular flexibility index (Phi) is 5.56. The van der Waals surface area contributed by atoms with Crippen molar-refractivity contribution in [1.82, 2.24) is 5.32 Å². The van der Waals surface area contributed by atoms with Crippen LogP contribution in [0.5, 0.6) is 0 Å². The van der Waals surface area contributed by atoms with Crippen LogP contribution in [-0.4, -0.2) is 29.2 Å². The standard InChI is InChI=1S/C16H24N2O2/c1-12(16(20)18-13-8-4-2-5-9-13)17-14-10-6-3-7-11-15(14)19/h2,4-5,8-9,12,14-15,17,19H,3,6-7,10-11H2,1H3,(H,18,20). The number of carbonyl (C=O) groups excluding carboxylic acids is 1. The number of carbonyl (C=O) groups is 1. The zero-order chi connectivity index (χ0) is 14.4. The molecule has 0 saturated heterocycles. The van der Waals surface area contributed by atoms with Crippen molar-refractivity contribution in [1.29, 1.82) is 0 Å². The molecule has 1 aromatic rings. The molecule has 20 heavy (non-hydrogen) atoms. The molecule has 0 aliphatic heterocycles. The van der Waals surface area contributed by atoms with Gasteiger partial charge in [-0.05, 0) is 31.9 Å². The number of hydrogen-bond donors (Lipinski definition) is 3. The summed E-state index contributed by atoms with van der Waals surface area (Å²) in [7, 11) is 0. The molecule has 2 rings (SSSR count). The third-order valence-electron chi connectivity index (χ3n) is 3.88. The maximum Gasteiger partial charge on any atom is 0.241 e. The first-order valence-electron chi connectivity index (χ1n) is 7.47. The molecule has 1 aromatic carbocycles. The molecule has 1 fully saturated rings. The van der Waals surface area contributed by atoms with Gasteiger partial charge >= 0.3 is 0 Å². The van der Waals surface area contributed by atoms with Crippen LogP contribution in [0.25, 0.3) is 0 Å². The van der Waals surface area contributed by atoms with Crippen molar-refractivity contribution >= 4 is 11.6 Å². The summed E-state index contributed by atoms with van der Waals surface area (Å²) < 4.78 is 0. The van der Waals surface area contributed by atoms with Crippen molar-refractivity contribution < 1.29 is 9.90 Å². The van der Waals surface area contributed by atoms with Gasteiger partial charge in [0.15, 0.2) is 0 Å². The third-order valence-corrected chi connectivity index (χ3v) is 3.88. The summed E-state index contributed by atoms with van der Waals surface area (Å²) in [5, 5.41) is 16.2. The van der Waals surface area contributed by atoms with Crippen LogP contribution in [0.1, 0.15) is 39.0 Å². The summed E-state index contributed by atoms with van der Waals surface area (Å²) in [5.74, 6) is -0.0624. The lowest BCUT2D eigenvalue weighted by Gasteiger charge is -2.25. The number of anilines is 1. The fourth-order valence-electron chi connectivity index (χ4n) is 2.65. The SMILES string of the molecule is CC(NC1CCCCCC1O)C(=O)Nc1ccccc1. The first-order valence-corrected chi connectivity index (χ1v) is 7.47. The van der Waals surface area contributed by atoms with Gasteiger partial charge < -0.3 is 15.7 Å². The third kappa shape index (κ3) is 4.32. The van der Waals surface area contributed by atoms with E-state index in [1.807, 2.05) is 37.3 Å². The molecule has 3 atom stereocenters. The van der Waals surface area contributed by atoms with E-state index in [9.17, 15) is 9.90 Å². The number of aliphatic hydroxyl groups is 1. The van der Waals surface area contributed by atoms with Crippen LogP contribution in [0.2, 0.25) is 0 Å². The number of aliphatic hydroxyl groups excluding tert-OH is 1. The Hall–Kier alpha value is -1.39. The van der Waals surface area contributed by atoms with Gasteiger partial charge in [-0.2, -0.15) is 0 Å². The average Bonchev–Trinajstić information content (AvgIpc) is 2.65. The second-order valence-corrected chi connectivity index (χ2v) is 5.56. The van der Waals surface area contributed by atoms with Gasteiger partial charge in [0, 0.05) is 11.7 Å². The Morgan fingerprint density at radius 3 is 2.65 bits per heavy atom. The van der Waals surface area contributed by atoms with E-state index in [2.05, 4.69) is 10.6 Å². The highest BCUT2D eigenvalue weighted by Gasteiger charge is 2.25. The molecule has 110 valence electrons. The van der Waals surface area contributed by atoms with Crippen LogP contribution in [0.15, 0.2) is 30.3 Å². The van der Waals surface area contributed by atoms with Crippen molar-refractivity contribution in [3.63, 3.8) is 0 Å². The monoisotopic (exact) mass is 276 g/mol. The number of benzene rings is 1. The minimum absolute atomic E-state index is 0.0222. The van der Waals surface area contributed by atoms with Gasteiger partial charge in [0.25, 0.3) is 0 Å². The first-order chi connectivity index (χ1) is 9.66. The number of para-hydroxylation sites is 1. The minimum atomic E-state index is -0.343. The smallest absolute Gasteiger partial charge is 0.241 e. The van der Waals surface area contributed by atoms with E-state index < -0.39 is 0 Å². The van der Waals surface area contributed by atoms with Gasteiger partial charge in [0.05, 0.1) is 12.1 Å². The van der Waals surface area contributed by atoms with Crippen LogP contribution in [0.4, 0.5) is 5.69 Å². The molecule has 3 N–H and O–H groups in total. The van der Waals surface area contributed by atoms with Crippen LogP contribution >= 0.6 is 0 Å². The number of amides is 1. The molecule has 0 spiro atoms. The second kappa shape index (κ2) is 7.41.